The Morgan fingerprint density at radius 2 is 2.00 bits per heavy atom. The minimum Gasteiger partial charge on any atom is -0.248 e. The molecule has 0 aliphatic rings. The van der Waals surface area contributed by atoms with E-state index in [1.165, 1.54) is 11.1 Å². The van der Waals surface area contributed by atoms with E-state index in [1.807, 2.05) is 16.9 Å². The first-order chi connectivity index (χ1) is 9.33. The van der Waals surface area contributed by atoms with Gasteiger partial charge in [-0.1, -0.05) is 30.3 Å². The van der Waals surface area contributed by atoms with Crippen molar-refractivity contribution in [3.05, 3.63) is 42.6 Å². The average Bonchev–Trinajstić information content (AvgIpc) is 2.90. The van der Waals surface area contributed by atoms with E-state index in [9.17, 15) is 0 Å². The quantitative estimate of drug-likeness (QED) is 0.677. The number of benzene rings is 1. The van der Waals surface area contributed by atoms with Crippen molar-refractivity contribution in [1.82, 2.24) is 14.8 Å². The molecule has 1 aromatic carbocycles. The Morgan fingerprint density at radius 1 is 1.21 bits per heavy atom. The maximum absolute atomic E-state index is 4.67. The van der Waals surface area contributed by atoms with Crippen LogP contribution in [0.15, 0.2) is 47.6 Å². The fourth-order valence-electron chi connectivity index (χ4n) is 2.22. The van der Waals surface area contributed by atoms with Gasteiger partial charge >= 0.3 is 0 Å². The molecule has 3 rings (SSSR count). The summed E-state index contributed by atoms with van der Waals surface area (Å²) in [5, 5.41) is 6.57. The summed E-state index contributed by atoms with van der Waals surface area (Å²) in [5.41, 5.74) is 3.38. The van der Waals surface area contributed by atoms with Gasteiger partial charge in [-0.3, -0.25) is 0 Å². The Balaban J connectivity index is 2.31. The molecule has 0 saturated heterocycles. The molecule has 19 heavy (non-hydrogen) atoms. The predicted molar refractivity (Wildman–Crippen MR) is 80.4 cm³/mol. The molecule has 0 aliphatic heterocycles. The number of pyridine rings is 1. The molecular weight excluding hydrogens is 254 g/mol. The summed E-state index contributed by atoms with van der Waals surface area (Å²) < 4.78 is 1.95. The van der Waals surface area contributed by atoms with Crippen molar-refractivity contribution in [3.63, 3.8) is 0 Å². The lowest BCUT2D eigenvalue weighted by molar-refractivity contribution is 0.674. The topological polar surface area (TPSA) is 30.7 Å². The molecule has 0 atom stereocenters. The molecule has 0 amide bonds. The van der Waals surface area contributed by atoms with Gasteiger partial charge < -0.3 is 0 Å². The predicted octanol–water partition coefficient (Wildman–Crippen LogP) is 3.84. The van der Waals surface area contributed by atoms with Crippen LogP contribution in [0.5, 0.6) is 0 Å². The zero-order valence-corrected chi connectivity index (χ0v) is 11.8. The standard InChI is InChI=1S/C15H15N3S/c1-3-18-15-13(10-16-18)12(9-14(17-15)19-2)11-7-5-4-6-8-11/h4-10H,3H2,1-2H3. The van der Waals surface area contributed by atoms with Gasteiger partial charge in [-0.25, -0.2) is 9.67 Å². The van der Waals surface area contributed by atoms with Crippen LogP contribution in [-0.4, -0.2) is 21.0 Å². The summed E-state index contributed by atoms with van der Waals surface area (Å²) in [7, 11) is 0. The molecule has 0 N–H and O–H groups in total. The molecule has 4 heteroatoms. The molecule has 0 bridgehead atoms. The molecule has 0 saturated carbocycles. The Labute approximate surface area is 116 Å². The van der Waals surface area contributed by atoms with Gasteiger partial charge in [0.1, 0.15) is 0 Å². The van der Waals surface area contributed by atoms with E-state index >= 15 is 0 Å². The second-order valence-corrected chi connectivity index (χ2v) is 5.10. The maximum atomic E-state index is 4.67. The number of rotatable bonds is 3. The second-order valence-electron chi connectivity index (χ2n) is 4.28. The number of thioether (sulfide) groups is 1. The van der Waals surface area contributed by atoms with Crippen molar-refractivity contribution < 1.29 is 0 Å². The van der Waals surface area contributed by atoms with Crippen LogP contribution in [0.1, 0.15) is 6.92 Å². The van der Waals surface area contributed by atoms with Crippen LogP contribution >= 0.6 is 11.8 Å². The number of fused-ring (bicyclic) bond motifs is 1. The number of hydrogen-bond acceptors (Lipinski definition) is 3. The van der Waals surface area contributed by atoms with Gasteiger partial charge in [-0.05, 0) is 30.4 Å². The van der Waals surface area contributed by atoms with Gasteiger partial charge in [0.25, 0.3) is 0 Å². The van der Waals surface area contributed by atoms with Crippen molar-refractivity contribution >= 4 is 22.8 Å². The Morgan fingerprint density at radius 3 is 2.68 bits per heavy atom. The largest absolute Gasteiger partial charge is 0.248 e. The zero-order chi connectivity index (χ0) is 13.2. The highest BCUT2D eigenvalue weighted by molar-refractivity contribution is 7.98. The van der Waals surface area contributed by atoms with Crippen LogP contribution in [0.2, 0.25) is 0 Å². The zero-order valence-electron chi connectivity index (χ0n) is 11.0. The van der Waals surface area contributed by atoms with E-state index in [1.54, 1.807) is 11.8 Å². The van der Waals surface area contributed by atoms with Crippen LogP contribution in [-0.2, 0) is 6.54 Å². The smallest absolute Gasteiger partial charge is 0.159 e. The molecule has 3 nitrogen and oxygen atoms in total. The fraction of sp³-hybridized carbons (Fsp3) is 0.200. The molecule has 2 heterocycles. The molecule has 3 aromatic rings. The summed E-state index contributed by atoms with van der Waals surface area (Å²) in [6.45, 7) is 2.92. The van der Waals surface area contributed by atoms with Gasteiger partial charge in [0.15, 0.2) is 5.65 Å². The average molecular weight is 269 g/mol. The molecule has 0 aliphatic carbocycles. The summed E-state index contributed by atoms with van der Waals surface area (Å²) in [4.78, 5) is 4.67. The Bertz CT molecular complexity index is 704. The third-order valence-electron chi connectivity index (χ3n) is 3.18. The van der Waals surface area contributed by atoms with Crippen molar-refractivity contribution in [1.29, 1.82) is 0 Å². The van der Waals surface area contributed by atoms with E-state index in [4.69, 9.17) is 0 Å². The van der Waals surface area contributed by atoms with Gasteiger partial charge in [0, 0.05) is 11.9 Å². The van der Waals surface area contributed by atoms with Crippen molar-refractivity contribution in [2.24, 2.45) is 0 Å². The first-order valence-corrected chi connectivity index (χ1v) is 7.52. The normalized spacial score (nSPS) is 11.1. The first kappa shape index (κ1) is 12.2. The SMILES string of the molecule is CCn1ncc2c(-c3ccccc3)cc(SC)nc21. The third kappa shape index (κ3) is 2.12. The number of nitrogens with zero attached hydrogens (tertiary/aromatic N) is 3. The van der Waals surface area contributed by atoms with E-state index in [0.29, 0.717) is 0 Å². The number of hydrogen-bond donors (Lipinski definition) is 0. The van der Waals surface area contributed by atoms with E-state index < -0.39 is 0 Å². The summed E-state index contributed by atoms with van der Waals surface area (Å²) >= 11 is 1.66. The molecule has 2 aromatic heterocycles. The second kappa shape index (κ2) is 5.05. The summed E-state index contributed by atoms with van der Waals surface area (Å²) in [6.07, 6.45) is 3.97. The van der Waals surface area contributed by atoms with E-state index in [-0.39, 0.29) is 0 Å². The fourth-order valence-corrected chi connectivity index (χ4v) is 2.63. The van der Waals surface area contributed by atoms with Crippen molar-refractivity contribution in [2.75, 3.05) is 6.26 Å². The monoisotopic (exact) mass is 269 g/mol. The minimum absolute atomic E-state index is 0.836. The first-order valence-electron chi connectivity index (χ1n) is 6.29. The van der Waals surface area contributed by atoms with Crippen LogP contribution in [0.3, 0.4) is 0 Å². The van der Waals surface area contributed by atoms with Crippen LogP contribution in [0, 0.1) is 0 Å². The summed E-state index contributed by atoms with van der Waals surface area (Å²) in [5.74, 6) is 0. The Hall–Kier alpha value is -1.81. The minimum atomic E-state index is 0.836. The lowest BCUT2D eigenvalue weighted by atomic mass is 10.0. The molecule has 0 fully saturated rings. The molecule has 96 valence electrons. The third-order valence-corrected chi connectivity index (χ3v) is 3.81. The van der Waals surface area contributed by atoms with Crippen LogP contribution in [0.4, 0.5) is 0 Å². The van der Waals surface area contributed by atoms with E-state index in [0.717, 1.165) is 22.6 Å². The van der Waals surface area contributed by atoms with E-state index in [2.05, 4.69) is 53.6 Å². The van der Waals surface area contributed by atoms with Gasteiger partial charge in [0.05, 0.1) is 11.2 Å². The number of aryl methyl sites for hydroxylation is 1. The van der Waals surface area contributed by atoms with Crippen LogP contribution in [0.25, 0.3) is 22.2 Å². The van der Waals surface area contributed by atoms with Crippen molar-refractivity contribution in [2.45, 2.75) is 18.5 Å². The van der Waals surface area contributed by atoms with Gasteiger partial charge in [-0.2, -0.15) is 5.10 Å². The lowest BCUT2D eigenvalue weighted by Gasteiger charge is -2.06. The lowest BCUT2D eigenvalue weighted by Crippen LogP contribution is -1.98. The highest BCUT2D eigenvalue weighted by Crippen LogP contribution is 2.30. The molecular formula is C15H15N3S. The summed E-state index contributed by atoms with van der Waals surface area (Å²) in [6, 6.07) is 12.6. The molecule has 0 unspecified atom stereocenters. The molecule has 0 radical (unpaired) electrons. The maximum Gasteiger partial charge on any atom is 0.159 e. The highest BCUT2D eigenvalue weighted by Gasteiger charge is 2.11. The number of aromatic nitrogens is 3. The van der Waals surface area contributed by atoms with Gasteiger partial charge in [-0.15, -0.1) is 11.8 Å². The van der Waals surface area contributed by atoms with Crippen LogP contribution < -0.4 is 0 Å². The molecule has 0 spiro atoms. The highest BCUT2D eigenvalue weighted by atomic mass is 32.2. The van der Waals surface area contributed by atoms with Gasteiger partial charge in [0.2, 0.25) is 0 Å². The van der Waals surface area contributed by atoms with Crippen molar-refractivity contribution in [3.8, 4) is 11.1 Å². The Kier molecular flexibility index (Phi) is 3.25.